The molecule has 0 spiro atoms. The Morgan fingerprint density at radius 1 is 1.05 bits per heavy atom. The van der Waals surface area contributed by atoms with Crippen molar-refractivity contribution < 1.29 is 0 Å². The Morgan fingerprint density at radius 3 is 2.85 bits per heavy atom. The predicted octanol–water partition coefficient (Wildman–Crippen LogP) is 2.58. The van der Waals surface area contributed by atoms with Gasteiger partial charge in [-0.15, -0.1) is 0 Å². The second-order valence-corrected chi connectivity index (χ2v) is 5.69. The summed E-state index contributed by atoms with van der Waals surface area (Å²) in [7, 11) is 0. The van der Waals surface area contributed by atoms with E-state index in [1.54, 1.807) is 0 Å². The van der Waals surface area contributed by atoms with Gasteiger partial charge < -0.3 is 4.90 Å². The van der Waals surface area contributed by atoms with Crippen LogP contribution in [0.4, 0.5) is 5.82 Å². The average molecular weight is 266 g/mol. The summed E-state index contributed by atoms with van der Waals surface area (Å²) in [6.45, 7) is 3.80. The predicted molar refractivity (Wildman–Crippen MR) is 77.5 cm³/mol. The molecule has 0 amide bonds. The summed E-state index contributed by atoms with van der Waals surface area (Å²) in [6, 6.07) is 4.19. The van der Waals surface area contributed by atoms with Gasteiger partial charge in [-0.05, 0) is 44.2 Å². The molecule has 4 rings (SSSR count). The summed E-state index contributed by atoms with van der Waals surface area (Å²) in [6.07, 6.45) is 6.61. The van der Waals surface area contributed by atoms with Crippen LogP contribution in [0.5, 0.6) is 0 Å². The molecule has 0 unspecified atom stereocenters. The van der Waals surface area contributed by atoms with Crippen molar-refractivity contribution in [3.8, 4) is 0 Å². The van der Waals surface area contributed by atoms with E-state index in [1.807, 2.05) is 19.2 Å². The lowest BCUT2D eigenvalue weighted by molar-refractivity contribution is 0.651. The number of hydrogen-bond acceptors (Lipinski definition) is 4. The lowest BCUT2D eigenvalue weighted by Gasteiger charge is -2.24. The van der Waals surface area contributed by atoms with E-state index >= 15 is 0 Å². The van der Waals surface area contributed by atoms with Gasteiger partial charge in [-0.2, -0.15) is 0 Å². The molecule has 4 heteroatoms. The molecule has 0 atom stereocenters. The molecule has 1 aliphatic heterocycles. The van der Waals surface area contributed by atoms with Crippen LogP contribution >= 0.6 is 0 Å². The van der Waals surface area contributed by atoms with E-state index in [1.165, 1.54) is 35.4 Å². The van der Waals surface area contributed by atoms with Crippen LogP contribution in [-0.2, 0) is 25.9 Å². The van der Waals surface area contributed by atoms with E-state index in [2.05, 4.69) is 20.9 Å². The zero-order chi connectivity index (χ0) is 13.5. The van der Waals surface area contributed by atoms with Crippen molar-refractivity contribution in [2.45, 2.75) is 45.7 Å². The van der Waals surface area contributed by atoms with Crippen molar-refractivity contribution >= 4 is 5.82 Å². The fourth-order valence-corrected chi connectivity index (χ4v) is 3.31. The summed E-state index contributed by atoms with van der Waals surface area (Å²) in [4.78, 5) is 16.2. The molecular weight excluding hydrogens is 248 g/mol. The molecule has 0 fully saturated rings. The highest BCUT2D eigenvalue weighted by Crippen LogP contribution is 2.32. The fraction of sp³-hybridized carbons (Fsp3) is 0.438. The Labute approximate surface area is 118 Å². The van der Waals surface area contributed by atoms with Gasteiger partial charge in [0.2, 0.25) is 0 Å². The van der Waals surface area contributed by atoms with Gasteiger partial charge >= 0.3 is 0 Å². The van der Waals surface area contributed by atoms with Crippen molar-refractivity contribution in [2.75, 3.05) is 4.90 Å². The molecule has 2 aromatic rings. The number of hydrogen-bond donors (Lipinski definition) is 0. The summed E-state index contributed by atoms with van der Waals surface area (Å²) >= 11 is 0. The Morgan fingerprint density at radius 2 is 1.95 bits per heavy atom. The van der Waals surface area contributed by atoms with Crippen LogP contribution in [0.1, 0.15) is 41.2 Å². The quantitative estimate of drug-likeness (QED) is 0.795. The van der Waals surface area contributed by atoms with E-state index in [4.69, 9.17) is 4.98 Å². The molecule has 2 aromatic heterocycles. The minimum absolute atomic E-state index is 0.874. The molecule has 2 aliphatic rings. The monoisotopic (exact) mass is 266 g/mol. The lowest BCUT2D eigenvalue weighted by atomic mass is 9.96. The van der Waals surface area contributed by atoms with E-state index in [9.17, 15) is 0 Å². The number of fused-ring (bicyclic) bond motifs is 2. The minimum atomic E-state index is 0.874. The summed E-state index contributed by atoms with van der Waals surface area (Å²) < 4.78 is 0. The zero-order valence-corrected chi connectivity index (χ0v) is 11.8. The minimum Gasteiger partial charge on any atom is -0.346 e. The van der Waals surface area contributed by atoms with Crippen molar-refractivity contribution in [1.82, 2.24) is 15.0 Å². The first-order valence-corrected chi connectivity index (χ1v) is 7.35. The van der Waals surface area contributed by atoms with Crippen LogP contribution in [0.3, 0.4) is 0 Å². The lowest BCUT2D eigenvalue weighted by Crippen LogP contribution is -2.22. The maximum absolute atomic E-state index is 4.74. The highest BCUT2D eigenvalue weighted by molar-refractivity contribution is 5.53. The van der Waals surface area contributed by atoms with Gasteiger partial charge in [0.05, 0.1) is 12.2 Å². The largest absolute Gasteiger partial charge is 0.346 e. The van der Waals surface area contributed by atoms with Crippen molar-refractivity contribution in [2.24, 2.45) is 0 Å². The zero-order valence-electron chi connectivity index (χ0n) is 11.8. The smallest absolute Gasteiger partial charge is 0.136 e. The first-order valence-electron chi connectivity index (χ1n) is 7.35. The molecule has 1 aliphatic carbocycles. The molecule has 0 saturated carbocycles. The number of rotatable bonds is 1. The van der Waals surface area contributed by atoms with Gasteiger partial charge in [-0.1, -0.05) is 6.07 Å². The van der Waals surface area contributed by atoms with Crippen LogP contribution in [0.15, 0.2) is 18.3 Å². The topological polar surface area (TPSA) is 41.9 Å². The molecule has 20 heavy (non-hydrogen) atoms. The maximum Gasteiger partial charge on any atom is 0.136 e. The number of anilines is 1. The second-order valence-electron chi connectivity index (χ2n) is 5.69. The van der Waals surface area contributed by atoms with Crippen LogP contribution < -0.4 is 4.90 Å². The van der Waals surface area contributed by atoms with Gasteiger partial charge in [-0.3, -0.25) is 4.98 Å². The van der Waals surface area contributed by atoms with Crippen LogP contribution in [0.25, 0.3) is 0 Å². The number of aromatic nitrogens is 3. The molecule has 0 bridgehead atoms. The van der Waals surface area contributed by atoms with Crippen molar-refractivity contribution in [3.63, 3.8) is 0 Å². The Hall–Kier alpha value is -1.97. The van der Waals surface area contributed by atoms with E-state index in [0.29, 0.717) is 0 Å². The van der Waals surface area contributed by atoms with Gasteiger partial charge in [-0.25, -0.2) is 9.97 Å². The standard InChI is InChI=1S/C16H18N4/c1-11-18-14-7-3-2-6-13(14)16(19-11)20-9-12-5-4-8-17-15(12)10-20/h4-5,8H,2-3,6-7,9-10H2,1H3. The molecule has 102 valence electrons. The maximum atomic E-state index is 4.74. The Bertz CT molecular complexity index is 641. The molecule has 4 nitrogen and oxygen atoms in total. The molecule has 0 radical (unpaired) electrons. The van der Waals surface area contributed by atoms with E-state index < -0.39 is 0 Å². The third-order valence-electron chi connectivity index (χ3n) is 4.26. The average Bonchev–Trinajstić information content (AvgIpc) is 2.90. The van der Waals surface area contributed by atoms with Crippen LogP contribution in [0, 0.1) is 6.92 Å². The highest BCUT2D eigenvalue weighted by Gasteiger charge is 2.26. The molecule has 3 heterocycles. The molecule has 0 aromatic carbocycles. The normalized spacial score (nSPS) is 16.9. The second kappa shape index (κ2) is 4.54. The third kappa shape index (κ3) is 1.87. The Balaban J connectivity index is 1.75. The van der Waals surface area contributed by atoms with E-state index in [-0.39, 0.29) is 0 Å². The molecule has 0 N–H and O–H groups in total. The van der Waals surface area contributed by atoms with E-state index in [0.717, 1.165) is 37.6 Å². The van der Waals surface area contributed by atoms with Crippen LogP contribution in [-0.4, -0.2) is 15.0 Å². The van der Waals surface area contributed by atoms with Gasteiger partial charge in [0.15, 0.2) is 0 Å². The number of pyridine rings is 1. The first-order chi connectivity index (χ1) is 9.81. The fourth-order valence-electron chi connectivity index (χ4n) is 3.31. The van der Waals surface area contributed by atoms with Crippen molar-refractivity contribution in [1.29, 1.82) is 0 Å². The van der Waals surface area contributed by atoms with Crippen molar-refractivity contribution in [3.05, 3.63) is 46.7 Å². The molecular formula is C16H18N4. The number of nitrogens with zero attached hydrogens (tertiary/aromatic N) is 4. The highest BCUT2D eigenvalue weighted by atomic mass is 15.2. The third-order valence-corrected chi connectivity index (χ3v) is 4.26. The molecule has 0 saturated heterocycles. The summed E-state index contributed by atoms with van der Waals surface area (Å²) in [5, 5.41) is 0. The Kier molecular flexibility index (Phi) is 2.69. The summed E-state index contributed by atoms with van der Waals surface area (Å²) in [5.74, 6) is 2.04. The van der Waals surface area contributed by atoms with Crippen LogP contribution in [0.2, 0.25) is 0 Å². The first kappa shape index (κ1) is 11.8. The summed E-state index contributed by atoms with van der Waals surface area (Å²) in [5.41, 5.74) is 5.15. The van der Waals surface area contributed by atoms with Gasteiger partial charge in [0.25, 0.3) is 0 Å². The van der Waals surface area contributed by atoms with Gasteiger partial charge in [0, 0.05) is 24.0 Å². The van der Waals surface area contributed by atoms with Gasteiger partial charge in [0.1, 0.15) is 11.6 Å². The SMILES string of the molecule is Cc1nc2c(c(N3Cc4cccnc4C3)n1)CCCC2. The number of aryl methyl sites for hydroxylation is 2.